The van der Waals surface area contributed by atoms with E-state index in [4.69, 9.17) is 20.8 Å². The number of benzene rings is 2. The van der Waals surface area contributed by atoms with Crippen LogP contribution in [0, 0.1) is 0 Å². The normalized spacial score (nSPS) is 10.8. The van der Waals surface area contributed by atoms with Crippen LogP contribution in [0.2, 0.25) is 5.02 Å². The highest BCUT2D eigenvalue weighted by molar-refractivity contribution is 6.33. The lowest BCUT2D eigenvalue weighted by Gasteiger charge is -2.08. The molecular weight excluding hydrogens is 326 g/mol. The van der Waals surface area contributed by atoms with Gasteiger partial charge in [-0.1, -0.05) is 41.9 Å². The van der Waals surface area contributed by atoms with E-state index >= 15 is 0 Å². The number of hydrogen-bond acceptors (Lipinski definition) is 5. The van der Waals surface area contributed by atoms with E-state index < -0.39 is 0 Å². The molecule has 0 saturated carbocycles. The van der Waals surface area contributed by atoms with Crippen LogP contribution in [-0.2, 0) is 13.0 Å². The Hall–Kier alpha value is -2.37. The molecule has 24 heavy (non-hydrogen) atoms. The van der Waals surface area contributed by atoms with Crippen molar-refractivity contribution in [1.29, 1.82) is 0 Å². The molecule has 0 aliphatic rings. The standard InChI is InChI=1S/C18H18ClN3O2/c1-23-16-9-5-2-6-13(16)10-11-20-12-17-21-22-18(24-17)14-7-3-4-8-15(14)19/h2-9,20H,10-12H2,1H3. The first kappa shape index (κ1) is 16.5. The Balaban J connectivity index is 1.54. The summed E-state index contributed by atoms with van der Waals surface area (Å²) in [7, 11) is 1.68. The molecule has 2 aromatic carbocycles. The van der Waals surface area contributed by atoms with Gasteiger partial charge in [-0.05, 0) is 36.7 Å². The summed E-state index contributed by atoms with van der Waals surface area (Å²) in [5.74, 6) is 1.87. The van der Waals surface area contributed by atoms with Crippen molar-refractivity contribution in [2.75, 3.05) is 13.7 Å². The summed E-state index contributed by atoms with van der Waals surface area (Å²) in [5, 5.41) is 12.0. The maximum atomic E-state index is 6.14. The molecule has 0 atom stereocenters. The minimum atomic E-state index is 0.433. The van der Waals surface area contributed by atoms with Gasteiger partial charge in [0.2, 0.25) is 11.8 Å². The third kappa shape index (κ3) is 3.93. The quantitative estimate of drug-likeness (QED) is 0.662. The Morgan fingerprint density at radius 3 is 2.71 bits per heavy atom. The Bertz CT molecular complexity index is 804. The van der Waals surface area contributed by atoms with E-state index in [1.54, 1.807) is 13.2 Å². The Morgan fingerprint density at radius 1 is 1.08 bits per heavy atom. The zero-order valence-electron chi connectivity index (χ0n) is 13.3. The zero-order chi connectivity index (χ0) is 16.8. The van der Waals surface area contributed by atoms with Crippen LogP contribution in [0.25, 0.3) is 11.5 Å². The van der Waals surface area contributed by atoms with Crippen LogP contribution >= 0.6 is 11.6 Å². The average molecular weight is 344 g/mol. The smallest absolute Gasteiger partial charge is 0.249 e. The topological polar surface area (TPSA) is 60.2 Å². The molecule has 3 aromatic rings. The first-order valence-corrected chi connectivity index (χ1v) is 8.05. The fraction of sp³-hybridized carbons (Fsp3) is 0.222. The third-order valence-electron chi connectivity index (χ3n) is 3.61. The van der Waals surface area contributed by atoms with Gasteiger partial charge < -0.3 is 14.5 Å². The predicted molar refractivity (Wildman–Crippen MR) is 93.1 cm³/mol. The zero-order valence-corrected chi connectivity index (χ0v) is 14.1. The van der Waals surface area contributed by atoms with E-state index in [2.05, 4.69) is 21.6 Å². The van der Waals surface area contributed by atoms with Crippen molar-refractivity contribution in [2.45, 2.75) is 13.0 Å². The number of hydrogen-bond donors (Lipinski definition) is 1. The molecule has 124 valence electrons. The fourth-order valence-electron chi connectivity index (χ4n) is 2.40. The lowest BCUT2D eigenvalue weighted by atomic mass is 10.1. The number of aromatic nitrogens is 2. The van der Waals surface area contributed by atoms with Crippen LogP contribution in [0.3, 0.4) is 0 Å². The molecule has 0 saturated heterocycles. The summed E-state index contributed by atoms with van der Waals surface area (Å²) in [6.45, 7) is 1.29. The van der Waals surface area contributed by atoms with Crippen LogP contribution < -0.4 is 10.1 Å². The number of rotatable bonds is 7. The maximum absolute atomic E-state index is 6.14. The summed E-state index contributed by atoms with van der Waals surface area (Å²) >= 11 is 6.14. The van der Waals surface area contributed by atoms with Crippen molar-refractivity contribution in [3.8, 4) is 17.2 Å². The fourth-order valence-corrected chi connectivity index (χ4v) is 2.61. The maximum Gasteiger partial charge on any atom is 0.249 e. The Kier molecular flexibility index (Phi) is 5.46. The second kappa shape index (κ2) is 7.95. The minimum absolute atomic E-state index is 0.433. The Morgan fingerprint density at radius 2 is 1.88 bits per heavy atom. The van der Waals surface area contributed by atoms with E-state index in [-0.39, 0.29) is 0 Å². The van der Waals surface area contributed by atoms with Crippen LogP contribution in [0.5, 0.6) is 5.75 Å². The average Bonchev–Trinajstić information content (AvgIpc) is 3.08. The molecule has 0 amide bonds. The number of ether oxygens (including phenoxy) is 1. The highest BCUT2D eigenvalue weighted by atomic mass is 35.5. The van der Waals surface area contributed by atoms with Crippen LogP contribution in [-0.4, -0.2) is 23.9 Å². The van der Waals surface area contributed by atoms with E-state index in [9.17, 15) is 0 Å². The predicted octanol–water partition coefficient (Wildman–Crippen LogP) is 3.73. The lowest BCUT2D eigenvalue weighted by Crippen LogP contribution is -2.17. The first-order valence-electron chi connectivity index (χ1n) is 7.68. The molecule has 6 heteroatoms. The van der Waals surface area contributed by atoms with Crippen molar-refractivity contribution in [2.24, 2.45) is 0 Å². The van der Waals surface area contributed by atoms with E-state index in [0.29, 0.717) is 23.3 Å². The molecule has 0 spiro atoms. The van der Waals surface area contributed by atoms with Crippen molar-refractivity contribution in [3.05, 3.63) is 65.0 Å². The van der Waals surface area contributed by atoms with Crippen molar-refractivity contribution in [1.82, 2.24) is 15.5 Å². The summed E-state index contributed by atoms with van der Waals surface area (Å²) in [6.07, 6.45) is 0.857. The van der Waals surface area contributed by atoms with Gasteiger partial charge >= 0.3 is 0 Å². The van der Waals surface area contributed by atoms with Gasteiger partial charge in [0.1, 0.15) is 5.75 Å². The van der Waals surface area contributed by atoms with Gasteiger partial charge in [-0.15, -0.1) is 10.2 Å². The highest BCUT2D eigenvalue weighted by Gasteiger charge is 2.11. The van der Waals surface area contributed by atoms with Crippen LogP contribution in [0.1, 0.15) is 11.5 Å². The monoisotopic (exact) mass is 343 g/mol. The molecule has 0 aliphatic heterocycles. The summed E-state index contributed by atoms with van der Waals surface area (Å²) in [6, 6.07) is 15.4. The van der Waals surface area contributed by atoms with Gasteiger partial charge in [0.15, 0.2) is 0 Å². The van der Waals surface area contributed by atoms with Crippen molar-refractivity contribution < 1.29 is 9.15 Å². The van der Waals surface area contributed by atoms with Gasteiger partial charge in [0.25, 0.3) is 0 Å². The van der Waals surface area contributed by atoms with Crippen LogP contribution in [0.15, 0.2) is 52.9 Å². The van der Waals surface area contributed by atoms with Gasteiger partial charge in [-0.3, -0.25) is 0 Å². The van der Waals surface area contributed by atoms with Gasteiger partial charge in [-0.25, -0.2) is 0 Å². The number of halogens is 1. The molecule has 0 radical (unpaired) electrons. The van der Waals surface area contributed by atoms with Gasteiger partial charge in [-0.2, -0.15) is 0 Å². The lowest BCUT2D eigenvalue weighted by molar-refractivity contribution is 0.408. The van der Waals surface area contributed by atoms with E-state index in [0.717, 1.165) is 29.8 Å². The molecule has 1 heterocycles. The molecule has 1 N–H and O–H groups in total. The SMILES string of the molecule is COc1ccccc1CCNCc1nnc(-c2ccccc2Cl)o1. The summed E-state index contributed by atoms with van der Waals surface area (Å²) in [5.41, 5.74) is 1.90. The number of methoxy groups -OCH3 is 1. The first-order chi connectivity index (χ1) is 11.8. The number of nitrogens with zero attached hydrogens (tertiary/aromatic N) is 2. The second-order valence-electron chi connectivity index (χ2n) is 5.22. The van der Waals surface area contributed by atoms with Gasteiger partial charge in [0.05, 0.1) is 24.2 Å². The number of para-hydroxylation sites is 1. The van der Waals surface area contributed by atoms with E-state index in [1.165, 1.54) is 0 Å². The molecule has 1 aromatic heterocycles. The third-order valence-corrected chi connectivity index (χ3v) is 3.94. The number of nitrogens with one attached hydrogen (secondary N) is 1. The second-order valence-corrected chi connectivity index (χ2v) is 5.63. The Labute approximate surface area is 145 Å². The molecular formula is C18H18ClN3O2. The molecule has 0 unspecified atom stereocenters. The summed E-state index contributed by atoms with van der Waals surface area (Å²) < 4.78 is 11.0. The van der Waals surface area contributed by atoms with Crippen LogP contribution in [0.4, 0.5) is 0 Å². The molecule has 5 nitrogen and oxygen atoms in total. The molecule has 0 aliphatic carbocycles. The van der Waals surface area contributed by atoms with E-state index in [1.807, 2.05) is 36.4 Å². The summed E-state index contributed by atoms with van der Waals surface area (Å²) in [4.78, 5) is 0. The molecule has 3 rings (SSSR count). The largest absolute Gasteiger partial charge is 0.496 e. The minimum Gasteiger partial charge on any atom is -0.496 e. The van der Waals surface area contributed by atoms with Crippen molar-refractivity contribution in [3.63, 3.8) is 0 Å². The van der Waals surface area contributed by atoms with Crippen molar-refractivity contribution >= 4 is 11.6 Å². The molecule has 0 bridgehead atoms. The molecule has 0 fully saturated rings. The highest BCUT2D eigenvalue weighted by Crippen LogP contribution is 2.26. The van der Waals surface area contributed by atoms with Gasteiger partial charge in [0, 0.05) is 0 Å².